The third-order valence-corrected chi connectivity index (χ3v) is 6.61. The molecule has 1 heterocycles. The van der Waals surface area contributed by atoms with Gasteiger partial charge in [0.15, 0.2) is 6.10 Å². The van der Waals surface area contributed by atoms with Gasteiger partial charge < -0.3 is 19.1 Å². The molecular formula is C32H31NO4. The van der Waals surface area contributed by atoms with Crippen molar-refractivity contribution in [3.8, 4) is 16.9 Å². The number of nitrogens with zero attached hydrogens (tertiary/aromatic N) is 1. The van der Waals surface area contributed by atoms with Crippen LogP contribution in [0.3, 0.4) is 0 Å². The van der Waals surface area contributed by atoms with E-state index in [0.29, 0.717) is 26.2 Å². The number of fused-ring (bicyclic) bond motifs is 3. The number of benzene rings is 4. The number of rotatable bonds is 11. The molecule has 0 saturated carbocycles. The zero-order valence-corrected chi connectivity index (χ0v) is 21.0. The van der Waals surface area contributed by atoms with Gasteiger partial charge in [-0.15, -0.1) is 0 Å². The molecule has 0 aliphatic heterocycles. The molecule has 1 aromatic heterocycles. The van der Waals surface area contributed by atoms with E-state index in [1.807, 2.05) is 37.3 Å². The molecule has 1 atom stereocenters. The quantitative estimate of drug-likeness (QED) is 0.216. The van der Waals surface area contributed by atoms with E-state index in [1.165, 1.54) is 32.9 Å². The molecule has 1 unspecified atom stereocenters. The minimum Gasteiger partial charge on any atom is -0.492 e. The van der Waals surface area contributed by atoms with Crippen molar-refractivity contribution in [1.29, 1.82) is 0 Å². The fourth-order valence-corrected chi connectivity index (χ4v) is 4.77. The summed E-state index contributed by atoms with van der Waals surface area (Å²) in [6.45, 7) is 3.63. The van der Waals surface area contributed by atoms with Gasteiger partial charge in [-0.25, -0.2) is 4.79 Å². The lowest BCUT2D eigenvalue weighted by Crippen LogP contribution is -2.26. The van der Waals surface area contributed by atoms with Gasteiger partial charge in [-0.05, 0) is 53.4 Å². The first kappa shape index (κ1) is 24.6. The topological polar surface area (TPSA) is 60.7 Å². The predicted molar refractivity (Wildman–Crippen MR) is 148 cm³/mol. The summed E-state index contributed by atoms with van der Waals surface area (Å²) in [6.07, 6.45) is 0.294. The summed E-state index contributed by atoms with van der Waals surface area (Å²) in [7, 11) is 0. The van der Waals surface area contributed by atoms with Crippen molar-refractivity contribution in [3.63, 3.8) is 0 Å². The molecule has 5 nitrogen and oxygen atoms in total. The Morgan fingerprint density at radius 2 is 1.54 bits per heavy atom. The van der Waals surface area contributed by atoms with Gasteiger partial charge >= 0.3 is 5.97 Å². The number of carbonyl (C=O) groups is 1. The Bertz CT molecular complexity index is 1490. The molecule has 5 rings (SSSR count). The van der Waals surface area contributed by atoms with Crippen molar-refractivity contribution >= 4 is 27.8 Å². The molecule has 0 fully saturated rings. The van der Waals surface area contributed by atoms with Crippen LogP contribution in [0.4, 0.5) is 0 Å². The maximum atomic E-state index is 11.5. The van der Waals surface area contributed by atoms with Crippen LogP contribution >= 0.6 is 0 Å². The molecule has 0 saturated heterocycles. The average molecular weight is 494 g/mol. The van der Waals surface area contributed by atoms with Crippen LogP contribution in [0.2, 0.25) is 0 Å². The van der Waals surface area contributed by atoms with Gasteiger partial charge in [0.05, 0.1) is 6.54 Å². The normalized spacial score (nSPS) is 12.1. The highest BCUT2D eigenvalue weighted by Crippen LogP contribution is 2.32. The molecule has 0 spiro atoms. The molecule has 5 aromatic rings. The van der Waals surface area contributed by atoms with Crippen molar-refractivity contribution < 1.29 is 19.4 Å². The molecule has 0 radical (unpaired) electrons. The number of para-hydroxylation sites is 1. The SMILES string of the molecule is CCCOC(Cc1ccc(OCCn2c3ccccc3c3cc(-c4ccccc4)ccc32)cc1)C(=O)O. The smallest absolute Gasteiger partial charge is 0.333 e. The summed E-state index contributed by atoms with van der Waals surface area (Å²) in [5.41, 5.74) is 5.70. The van der Waals surface area contributed by atoms with Crippen LogP contribution in [-0.4, -0.2) is 35.0 Å². The second kappa shape index (κ2) is 11.3. The van der Waals surface area contributed by atoms with E-state index < -0.39 is 12.1 Å². The van der Waals surface area contributed by atoms with Gasteiger partial charge in [-0.2, -0.15) is 0 Å². The van der Waals surface area contributed by atoms with Gasteiger partial charge in [0.1, 0.15) is 12.4 Å². The van der Waals surface area contributed by atoms with E-state index in [-0.39, 0.29) is 0 Å². The highest BCUT2D eigenvalue weighted by molar-refractivity contribution is 6.09. The minimum absolute atomic E-state index is 0.335. The first-order valence-electron chi connectivity index (χ1n) is 12.8. The number of carboxylic acid groups (broad SMARTS) is 1. The van der Waals surface area contributed by atoms with Crippen LogP contribution < -0.4 is 4.74 Å². The van der Waals surface area contributed by atoms with E-state index in [0.717, 1.165) is 17.7 Å². The molecular weight excluding hydrogens is 462 g/mol. The fraction of sp³-hybridized carbons (Fsp3) is 0.219. The summed E-state index contributed by atoms with van der Waals surface area (Å²) in [5, 5.41) is 11.9. The molecule has 0 aliphatic rings. The standard InChI is InChI=1S/C32H31NO4/c1-2-19-37-31(32(34)35)21-23-12-15-26(16-13-23)36-20-18-33-29-11-7-6-10-27(29)28-22-25(14-17-30(28)33)24-8-4-3-5-9-24/h3-17,22,31H,2,18-21H2,1H3,(H,34,35). The lowest BCUT2D eigenvalue weighted by Gasteiger charge is -2.14. The average Bonchev–Trinajstić information content (AvgIpc) is 3.25. The van der Waals surface area contributed by atoms with Crippen LogP contribution in [-0.2, 0) is 22.5 Å². The summed E-state index contributed by atoms with van der Waals surface area (Å²) < 4.78 is 13.9. The van der Waals surface area contributed by atoms with E-state index in [2.05, 4.69) is 71.3 Å². The second-order valence-electron chi connectivity index (χ2n) is 9.16. The van der Waals surface area contributed by atoms with Crippen molar-refractivity contribution in [2.75, 3.05) is 13.2 Å². The number of carboxylic acids is 1. The lowest BCUT2D eigenvalue weighted by molar-refractivity contribution is -0.150. The van der Waals surface area contributed by atoms with Gasteiger partial charge in [-0.1, -0.05) is 73.7 Å². The maximum absolute atomic E-state index is 11.5. The molecule has 4 aromatic carbocycles. The molecule has 5 heteroatoms. The lowest BCUT2D eigenvalue weighted by atomic mass is 10.0. The second-order valence-corrected chi connectivity index (χ2v) is 9.16. The van der Waals surface area contributed by atoms with Gasteiger partial charge in [0.2, 0.25) is 0 Å². The van der Waals surface area contributed by atoms with E-state index in [4.69, 9.17) is 9.47 Å². The van der Waals surface area contributed by atoms with E-state index in [9.17, 15) is 9.90 Å². The molecule has 0 bridgehead atoms. The minimum atomic E-state index is -0.934. The van der Waals surface area contributed by atoms with E-state index >= 15 is 0 Å². The van der Waals surface area contributed by atoms with Crippen LogP contribution in [0.25, 0.3) is 32.9 Å². The monoisotopic (exact) mass is 493 g/mol. The molecule has 0 aliphatic carbocycles. The summed E-state index contributed by atoms with van der Waals surface area (Å²) >= 11 is 0. The van der Waals surface area contributed by atoms with Crippen LogP contribution in [0.5, 0.6) is 5.75 Å². The van der Waals surface area contributed by atoms with Crippen LogP contribution in [0.15, 0.2) is 97.1 Å². The summed E-state index contributed by atoms with van der Waals surface area (Å²) in [6, 6.07) is 33.2. The first-order chi connectivity index (χ1) is 18.1. The molecule has 188 valence electrons. The molecule has 0 amide bonds. The Hall–Kier alpha value is -4.09. The molecule has 37 heavy (non-hydrogen) atoms. The van der Waals surface area contributed by atoms with Crippen LogP contribution in [0.1, 0.15) is 18.9 Å². The van der Waals surface area contributed by atoms with Crippen molar-refractivity contribution in [1.82, 2.24) is 4.57 Å². The number of ether oxygens (including phenoxy) is 2. The number of hydrogen-bond acceptors (Lipinski definition) is 3. The number of hydrogen-bond donors (Lipinski definition) is 1. The third kappa shape index (κ3) is 5.52. The largest absolute Gasteiger partial charge is 0.492 e. The zero-order valence-electron chi connectivity index (χ0n) is 21.0. The summed E-state index contributed by atoms with van der Waals surface area (Å²) in [5.74, 6) is -0.173. The Morgan fingerprint density at radius 3 is 2.30 bits per heavy atom. The fourth-order valence-electron chi connectivity index (χ4n) is 4.77. The maximum Gasteiger partial charge on any atom is 0.333 e. The highest BCUT2D eigenvalue weighted by atomic mass is 16.5. The molecule has 1 N–H and O–H groups in total. The Kier molecular flexibility index (Phi) is 7.52. The predicted octanol–water partition coefficient (Wildman–Crippen LogP) is 6.96. The first-order valence-corrected chi connectivity index (χ1v) is 12.8. The van der Waals surface area contributed by atoms with Gasteiger partial charge in [0, 0.05) is 34.8 Å². The zero-order chi connectivity index (χ0) is 25.6. The van der Waals surface area contributed by atoms with Crippen molar-refractivity contribution in [2.45, 2.75) is 32.4 Å². The Morgan fingerprint density at radius 1 is 0.811 bits per heavy atom. The van der Waals surface area contributed by atoms with Gasteiger partial charge in [-0.3, -0.25) is 0 Å². The van der Waals surface area contributed by atoms with Crippen molar-refractivity contribution in [3.05, 3.63) is 103 Å². The van der Waals surface area contributed by atoms with Crippen molar-refractivity contribution in [2.24, 2.45) is 0 Å². The number of aromatic nitrogens is 1. The van der Waals surface area contributed by atoms with E-state index in [1.54, 1.807) is 0 Å². The number of aliphatic carboxylic acids is 1. The third-order valence-electron chi connectivity index (χ3n) is 6.61. The van der Waals surface area contributed by atoms with Gasteiger partial charge in [0.25, 0.3) is 0 Å². The Balaban J connectivity index is 1.30. The highest BCUT2D eigenvalue weighted by Gasteiger charge is 2.18. The van der Waals surface area contributed by atoms with Crippen LogP contribution in [0, 0.1) is 0 Å². The Labute approximate surface area is 216 Å². The summed E-state index contributed by atoms with van der Waals surface area (Å²) in [4.78, 5) is 11.5.